The van der Waals surface area contributed by atoms with Gasteiger partial charge in [0.2, 0.25) is 0 Å². The minimum Gasteiger partial charge on any atom is -0.493 e. The first-order valence-electron chi connectivity index (χ1n) is 6.77. The first-order valence-corrected chi connectivity index (χ1v) is 6.77. The van der Waals surface area contributed by atoms with Crippen molar-refractivity contribution in [1.82, 2.24) is 9.55 Å². The third-order valence-corrected chi connectivity index (χ3v) is 3.74. The zero-order valence-corrected chi connectivity index (χ0v) is 12.0. The number of carbonyl (C=O) groups excluding carboxylic acids is 1. The first kappa shape index (κ1) is 13.5. The van der Waals surface area contributed by atoms with Gasteiger partial charge in [0.1, 0.15) is 17.4 Å². The lowest BCUT2D eigenvalue weighted by Crippen LogP contribution is -2.22. The van der Waals surface area contributed by atoms with Crippen molar-refractivity contribution in [2.75, 3.05) is 19.5 Å². The Balaban J connectivity index is 2.10. The van der Waals surface area contributed by atoms with Crippen LogP contribution in [0.5, 0.6) is 5.75 Å². The molecule has 0 aliphatic carbocycles. The number of hydrogen-bond donors (Lipinski definition) is 1. The van der Waals surface area contributed by atoms with E-state index < -0.39 is 5.97 Å². The summed E-state index contributed by atoms with van der Waals surface area (Å²) in [6, 6.07) is 7.86. The zero-order chi connectivity index (χ0) is 15.0. The third kappa shape index (κ3) is 2.12. The molecule has 0 radical (unpaired) electrons. The van der Waals surface area contributed by atoms with Crippen LogP contribution in [-0.4, -0.2) is 29.2 Å². The fraction of sp³-hybridized carbons (Fsp3) is 0.333. The lowest BCUT2D eigenvalue weighted by molar-refractivity contribution is 0.0595. The van der Waals surface area contributed by atoms with Crippen molar-refractivity contribution in [3.05, 3.63) is 41.3 Å². The lowest BCUT2D eigenvalue weighted by atomic mass is 10.00. The number of fused-ring (bicyclic) bond motifs is 1. The van der Waals surface area contributed by atoms with Crippen LogP contribution in [-0.2, 0) is 4.74 Å². The summed E-state index contributed by atoms with van der Waals surface area (Å²) in [5, 5.41) is 0. The van der Waals surface area contributed by atoms with E-state index in [4.69, 9.17) is 15.2 Å². The average Bonchev–Trinajstić information content (AvgIpc) is 2.81. The van der Waals surface area contributed by atoms with Gasteiger partial charge in [0.15, 0.2) is 5.69 Å². The molecule has 0 fully saturated rings. The largest absolute Gasteiger partial charge is 0.493 e. The normalized spacial score (nSPS) is 17.0. The smallest absolute Gasteiger partial charge is 0.360 e. The van der Waals surface area contributed by atoms with Gasteiger partial charge in [-0.15, -0.1) is 0 Å². The minimum atomic E-state index is -0.519. The maximum Gasteiger partial charge on any atom is 0.360 e. The number of anilines is 1. The number of nitrogens with two attached hydrogens (primary N) is 1. The summed E-state index contributed by atoms with van der Waals surface area (Å²) in [4.78, 5) is 16.0. The summed E-state index contributed by atoms with van der Waals surface area (Å²) >= 11 is 0. The second kappa shape index (κ2) is 5.12. The summed E-state index contributed by atoms with van der Waals surface area (Å²) in [5.41, 5.74) is 7.34. The Morgan fingerprint density at radius 2 is 2.24 bits per heavy atom. The van der Waals surface area contributed by atoms with Gasteiger partial charge in [-0.25, -0.2) is 9.78 Å². The number of nitrogen functional groups attached to an aromatic ring is 1. The molecule has 1 aliphatic heterocycles. The lowest BCUT2D eigenvalue weighted by Gasteiger charge is -2.28. The number of esters is 1. The monoisotopic (exact) mass is 287 g/mol. The minimum absolute atomic E-state index is 0.0147. The first-order chi connectivity index (χ1) is 10.1. The molecular formula is C15H17N3O3. The van der Waals surface area contributed by atoms with Crippen molar-refractivity contribution in [3.8, 4) is 5.75 Å². The van der Waals surface area contributed by atoms with E-state index in [-0.39, 0.29) is 11.7 Å². The van der Waals surface area contributed by atoms with E-state index in [1.165, 1.54) is 7.11 Å². The molecule has 2 aromatic rings. The molecule has 6 heteroatoms. The fourth-order valence-electron chi connectivity index (χ4n) is 2.79. The number of rotatable bonds is 2. The number of nitrogens with zero attached hydrogens (tertiary/aromatic N) is 2. The van der Waals surface area contributed by atoms with E-state index in [2.05, 4.69) is 4.98 Å². The number of methoxy groups -OCH3 is 1. The highest BCUT2D eigenvalue weighted by molar-refractivity contribution is 5.92. The van der Waals surface area contributed by atoms with E-state index in [1.807, 2.05) is 35.8 Å². The van der Waals surface area contributed by atoms with Crippen LogP contribution < -0.4 is 10.5 Å². The zero-order valence-electron chi connectivity index (χ0n) is 12.0. The molecule has 0 bridgehead atoms. The standard InChI is InChI=1S/C15H17N3O3/c1-9-17-13(15(19)20-2)14(16)18(9)11-7-8-21-12-6-4-3-5-10(11)12/h3-6,11H,7-8,16H2,1-2H3. The van der Waals surface area contributed by atoms with Gasteiger partial charge in [-0.3, -0.25) is 0 Å². The van der Waals surface area contributed by atoms with Crippen LogP contribution in [0.25, 0.3) is 0 Å². The Morgan fingerprint density at radius 1 is 1.48 bits per heavy atom. The van der Waals surface area contributed by atoms with Gasteiger partial charge in [0.05, 0.1) is 19.8 Å². The Kier molecular flexibility index (Phi) is 3.29. The van der Waals surface area contributed by atoms with E-state index in [0.717, 1.165) is 17.7 Å². The second-order valence-electron chi connectivity index (χ2n) is 4.95. The van der Waals surface area contributed by atoms with Crippen LogP contribution in [0.4, 0.5) is 5.82 Å². The maximum absolute atomic E-state index is 11.7. The van der Waals surface area contributed by atoms with Gasteiger partial charge in [-0.2, -0.15) is 0 Å². The second-order valence-corrected chi connectivity index (χ2v) is 4.95. The quantitative estimate of drug-likeness (QED) is 0.854. The summed E-state index contributed by atoms with van der Waals surface area (Å²) in [7, 11) is 1.32. The summed E-state index contributed by atoms with van der Waals surface area (Å²) < 4.78 is 12.3. The van der Waals surface area contributed by atoms with Crippen molar-refractivity contribution >= 4 is 11.8 Å². The van der Waals surface area contributed by atoms with Crippen LogP contribution in [0.3, 0.4) is 0 Å². The van der Waals surface area contributed by atoms with Gasteiger partial charge in [-0.05, 0) is 13.0 Å². The molecule has 1 unspecified atom stereocenters. The number of hydrogen-bond acceptors (Lipinski definition) is 5. The van der Waals surface area contributed by atoms with E-state index in [1.54, 1.807) is 0 Å². The molecule has 0 saturated heterocycles. The van der Waals surface area contributed by atoms with Gasteiger partial charge < -0.3 is 19.8 Å². The number of aryl methyl sites for hydroxylation is 1. The summed E-state index contributed by atoms with van der Waals surface area (Å²) in [5.74, 6) is 1.35. The molecule has 1 aromatic heterocycles. The average molecular weight is 287 g/mol. The van der Waals surface area contributed by atoms with Gasteiger partial charge in [-0.1, -0.05) is 18.2 Å². The van der Waals surface area contributed by atoms with Gasteiger partial charge in [0.25, 0.3) is 0 Å². The van der Waals surface area contributed by atoms with Crippen molar-refractivity contribution in [3.63, 3.8) is 0 Å². The molecule has 110 valence electrons. The number of ether oxygens (including phenoxy) is 2. The molecule has 1 atom stereocenters. The summed E-state index contributed by atoms with van der Waals surface area (Å²) in [6.45, 7) is 2.44. The van der Waals surface area contributed by atoms with E-state index in [9.17, 15) is 4.79 Å². The van der Waals surface area contributed by atoms with E-state index in [0.29, 0.717) is 18.2 Å². The van der Waals surface area contributed by atoms with Crippen molar-refractivity contribution < 1.29 is 14.3 Å². The topological polar surface area (TPSA) is 79.4 Å². The van der Waals surface area contributed by atoms with Crippen LogP contribution in [0.2, 0.25) is 0 Å². The van der Waals surface area contributed by atoms with E-state index >= 15 is 0 Å². The molecule has 0 spiro atoms. The van der Waals surface area contributed by atoms with Crippen LogP contribution in [0.1, 0.15) is 34.3 Å². The highest BCUT2D eigenvalue weighted by Gasteiger charge is 2.28. The van der Waals surface area contributed by atoms with Crippen molar-refractivity contribution in [2.24, 2.45) is 0 Å². The molecule has 3 rings (SSSR count). The van der Waals surface area contributed by atoms with Crippen LogP contribution >= 0.6 is 0 Å². The number of imidazole rings is 1. The predicted molar refractivity (Wildman–Crippen MR) is 77.4 cm³/mol. The van der Waals surface area contributed by atoms with Crippen LogP contribution in [0, 0.1) is 6.92 Å². The molecule has 1 aliphatic rings. The molecule has 0 saturated carbocycles. The number of aromatic nitrogens is 2. The van der Waals surface area contributed by atoms with Crippen molar-refractivity contribution in [2.45, 2.75) is 19.4 Å². The molecule has 0 amide bonds. The Labute approximate surface area is 122 Å². The van der Waals surface area contributed by atoms with Crippen molar-refractivity contribution in [1.29, 1.82) is 0 Å². The molecule has 2 heterocycles. The molecule has 2 N–H and O–H groups in total. The van der Waals surface area contributed by atoms with Gasteiger partial charge >= 0.3 is 5.97 Å². The number of carbonyl (C=O) groups is 1. The highest BCUT2D eigenvalue weighted by atomic mass is 16.5. The Bertz CT molecular complexity index is 693. The maximum atomic E-state index is 11.7. The predicted octanol–water partition coefficient (Wildman–Crippen LogP) is 1.93. The van der Waals surface area contributed by atoms with Crippen LogP contribution in [0.15, 0.2) is 24.3 Å². The number of para-hydroxylation sites is 1. The molecular weight excluding hydrogens is 270 g/mol. The Hall–Kier alpha value is -2.50. The number of benzene rings is 1. The SMILES string of the molecule is COC(=O)c1nc(C)n(C2CCOc3ccccc32)c1N. The Morgan fingerprint density at radius 3 is 3.00 bits per heavy atom. The fourth-order valence-corrected chi connectivity index (χ4v) is 2.79. The summed E-state index contributed by atoms with van der Waals surface area (Å²) in [6.07, 6.45) is 0.777. The third-order valence-electron chi connectivity index (χ3n) is 3.74. The molecule has 1 aromatic carbocycles. The molecule has 6 nitrogen and oxygen atoms in total. The highest BCUT2D eigenvalue weighted by Crippen LogP contribution is 2.37. The van der Waals surface area contributed by atoms with Gasteiger partial charge in [0, 0.05) is 12.0 Å². The molecule has 21 heavy (non-hydrogen) atoms.